The van der Waals surface area contributed by atoms with Crippen molar-refractivity contribution in [1.82, 2.24) is 0 Å². The van der Waals surface area contributed by atoms with Crippen molar-refractivity contribution >= 4 is 0 Å². The second-order valence-electron chi connectivity index (χ2n) is 3.78. The van der Waals surface area contributed by atoms with Crippen molar-refractivity contribution in [2.24, 2.45) is 0 Å². The summed E-state index contributed by atoms with van der Waals surface area (Å²) in [4.78, 5) is 0. The largest absolute Gasteiger partial charge is 0.425 e. The zero-order valence-corrected chi connectivity index (χ0v) is 9.43. The smallest absolute Gasteiger partial charge is 0.330 e. The van der Waals surface area contributed by atoms with Gasteiger partial charge in [-0.15, -0.1) is 0 Å². The highest BCUT2D eigenvalue weighted by atomic mass is 19.4. The van der Waals surface area contributed by atoms with Gasteiger partial charge in [-0.1, -0.05) is 0 Å². The molecule has 1 nitrogen and oxygen atoms in total. The summed E-state index contributed by atoms with van der Waals surface area (Å²) in [6, 6.07) is 0. The van der Waals surface area contributed by atoms with E-state index in [0.29, 0.717) is 0 Å². The van der Waals surface area contributed by atoms with Gasteiger partial charge in [-0.3, -0.25) is 0 Å². The first-order valence-corrected chi connectivity index (χ1v) is 4.70. The van der Waals surface area contributed by atoms with Crippen LogP contribution in [0.15, 0.2) is 0 Å². The van der Waals surface area contributed by atoms with E-state index in [0.717, 1.165) is 0 Å². The van der Waals surface area contributed by atoms with E-state index in [1.165, 1.54) is 0 Å². The van der Waals surface area contributed by atoms with Crippen molar-refractivity contribution in [3.8, 4) is 0 Å². The number of hydrogen-bond acceptors (Lipinski definition) is 1. The van der Waals surface area contributed by atoms with Crippen LogP contribution in [-0.4, -0.2) is 36.7 Å². The Morgan fingerprint density at radius 1 is 0.800 bits per heavy atom. The van der Waals surface area contributed by atoms with E-state index in [2.05, 4.69) is 4.74 Å². The van der Waals surface area contributed by atoms with Crippen LogP contribution in [0, 0.1) is 0 Å². The summed E-state index contributed by atoms with van der Waals surface area (Å²) in [5.41, 5.74) is 0. The lowest BCUT2D eigenvalue weighted by atomic mass is 10.1. The summed E-state index contributed by atoms with van der Waals surface area (Å²) in [6.45, 7) is -0.0478. The molecule has 0 rings (SSSR count). The molecule has 0 fully saturated rings. The van der Waals surface area contributed by atoms with Gasteiger partial charge in [0.25, 0.3) is 12.0 Å². The standard InChI is InChI=1S/C8H7F11O/c1-3(7(14,15)16)20-5(10,2-6(11,12)13)4(9)8(17,18)19/h3-4H,2H2,1H3. The van der Waals surface area contributed by atoms with Crippen LogP contribution in [-0.2, 0) is 4.74 Å². The average Bonchev–Trinajstić information content (AvgIpc) is 2.10. The van der Waals surface area contributed by atoms with E-state index >= 15 is 0 Å². The Morgan fingerprint density at radius 2 is 1.20 bits per heavy atom. The maximum atomic E-state index is 13.4. The summed E-state index contributed by atoms with van der Waals surface area (Å²) >= 11 is 0. The summed E-state index contributed by atoms with van der Waals surface area (Å²) in [7, 11) is 0. The van der Waals surface area contributed by atoms with Crippen LogP contribution in [0.1, 0.15) is 13.3 Å². The van der Waals surface area contributed by atoms with E-state index < -0.39 is 43.1 Å². The molecule has 122 valence electrons. The molecule has 0 spiro atoms. The van der Waals surface area contributed by atoms with Gasteiger partial charge in [0.15, 0.2) is 6.10 Å². The van der Waals surface area contributed by atoms with Crippen LogP contribution in [0.5, 0.6) is 0 Å². The van der Waals surface area contributed by atoms with Crippen molar-refractivity contribution in [2.75, 3.05) is 0 Å². The Bertz CT molecular complexity index is 316. The number of ether oxygens (including phenoxy) is 1. The second kappa shape index (κ2) is 5.53. The topological polar surface area (TPSA) is 9.23 Å². The van der Waals surface area contributed by atoms with Crippen LogP contribution >= 0.6 is 0 Å². The molecule has 0 bridgehead atoms. The molecule has 0 amide bonds. The van der Waals surface area contributed by atoms with E-state index in [-0.39, 0.29) is 6.92 Å². The van der Waals surface area contributed by atoms with Crippen molar-refractivity contribution in [2.45, 2.75) is 50.0 Å². The van der Waals surface area contributed by atoms with Gasteiger partial charge in [-0.05, 0) is 6.92 Å². The molecule has 0 saturated heterocycles. The normalized spacial score (nSPS) is 20.4. The maximum absolute atomic E-state index is 13.4. The number of rotatable bonds is 4. The molecule has 0 saturated carbocycles. The molecule has 0 aromatic heterocycles. The second-order valence-corrected chi connectivity index (χ2v) is 3.78. The van der Waals surface area contributed by atoms with Gasteiger partial charge in [-0.2, -0.15) is 39.5 Å². The predicted molar refractivity (Wildman–Crippen MR) is 42.1 cm³/mol. The Labute approximate surface area is 104 Å². The van der Waals surface area contributed by atoms with E-state index in [1.54, 1.807) is 0 Å². The highest BCUT2D eigenvalue weighted by Crippen LogP contribution is 2.43. The molecule has 20 heavy (non-hydrogen) atoms. The zero-order valence-electron chi connectivity index (χ0n) is 9.43. The first-order chi connectivity index (χ1) is 8.49. The van der Waals surface area contributed by atoms with Gasteiger partial charge in [-0.25, -0.2) is 8.78 Å². The van der Waals surface area contributed by atoms with E-state index in [4.69, 9.17) is 0 Å². The molecule has 0 N–H and O–H groups in total. The molecule has 0 aliphatic carbocycles. The summed E-state index contributed by atoms with van der Waals surface area (Å²) in [5.74, 6) is -5.23. The Hall–Kier alpha value is -0.810. The van der Waals surface area contributed by atoms with Crippen LogP contribution in [0.25, 0.3) is 0 Å². The number of hydrogen-bond donors (Lipinski definition) is 0. The molecule has 0 radical (unpaired) electrons. The quantitative estimate of drug-likeness (QED) is 0.692. The third-order valence-electron chi connectivity index (χ3n) is 1.94. The van der Waals surface area contributed by atoms with Crippen molar-refractivity contribution in [3.05, 3.63) is 0 Å². The lowest BCUT2D eigenvalue weighted by Gasteiger charge is -2.33. The Kier molecular flexibility index (Phi) is 5.30. The molecule has 0 aliphatic heterocycles. The Morgan fingerprint density at radius 3 is 1.45 bits per heavy atom. The molecular weight excluding hydrogens is 321 g/mol. The lowest BCUT2D eigenvalue weighted by molar-refractivity contribution is -0.348. The zero-order chi connectivity index (χ0) is 16.6. The molecule has 0 aromatic rings. The highest BCUT2D eigenvalue weighted by Gasteiger charge is 2.62. The summed E-state index contributed by atoms with van der Waals surface area (Å²) < 4.78 is 137. The fourth-order valence-electron chi connectivity index (χ4n) is 1.07. The van der Waals surface area contributed by atoms with Gasteiger partial charge >= 0.3 is 18.5 Å². The number of alkyl halides is 11. The summed E-state index contributed by atoms with van der Waals surface area (Å²) in [5, 5.41) is 0. The first kappa shape index (κ1) is 19.2. The SMILES string of the molecule is CC(OC(F)(CC(F)(F)F)C(F)C(F)(F)F)C(F)(F)F. The average molecular weight is 328 g/mol. The Balaban J connectivity index is 5.38. The molecule has 3 atom stereocenters. The van der Waals surface area contributed by atoms with Gasteiger partial charge in [0.05, 0.1) is 0 Å². The number of halogens is 11. The van der Waals surface area contributed by atoms with Crippen LogP contribution in [0.3, 0.4) is 0 Å². The van der Waals surface area contributed by atoms with Gasteiger partial charge in [0.2, 0.25) is 0 Å². The predicted octanol–water partition coefficient (Wildman–Crippen LogP) is 4.47. The monoisotopic (exact) mass is 328 g/mol. The molecule has 3 unspecified atom stereocenters. The van der Waals surface area contributed by atoms with Crippen molar-refractivity contribution < 1.29 is 53.0 Å². The first-order valence-electron chi connectivity index (χ1n) is 4.70. The third-order valence-corrected chi connectivity index (χ3v) is 1.94. The molecule has 0 aromatic carbocycles. The van der Waals surface area contributed by atoms with Gasteiger partial charge in [0, 0.05) is 0 Å². The molecular formula is C8H7F11O. The van der Waals surface area contributed by atoms with Gasteiger partial charge < -0.3 is 4.74 Å². The summed E-state index contributed by atoms with van der Waals surface area (Å²) in [6.07, 6.45) is -28.8. The maximum Gasteiger partial charge on any atom is 0.425 e. The fourth-order valence-corrected chi connectivity index (χ4v) is 1.07. The lowest BCUT2D eigenvalue weighted by Crippen LogP contribution is -2.52. The highest BCUT2D eigenvalue weighted by molar-refractivity contribution is 4.88. The molecule has 0 heterocycles. The van der Waals surface area contributed by atoms with Crippen LogP contribution < -0.4 is 0 Å². The minimum absolute atomic E-state index is 0.0478. The third kappa shape index (κ3) is 5.67. The minimum Gasteiger partial charge on any atom is -0.330 e. The van der Waals surface area contributed by atoms with Crippen molar-refractivity contribution in [1.29, 1.82) is 0 Å². The minimum atomic E-state index is -6.16. The molecule has 0 aliphatic rings. The van der Waals surface area contributed by atoms with Crippen LogP contribution in [0.4, 0.5) is 48.3 Å². The molecule has 12 heteroatoms. The van der Waals surface area contributed by atoms with Gasteiger partial charge in [0.1, 0.15) is 6.42 Å². The van der Waals surface area contributed by atoms with Crippen LogP contribution in [0.2, 0.25) is 0 Å². The van der Waals surface area contributed by atoms with Crippen molar-refractivity contribution in [3.63, 3.8) is 0 Å². The fraction of sp³-hybridized carbons (Fsp3) is 1.00. The van der Waals surface area contributed by atoms with E-state index in [1.807, 2.05) is 0 Å². The van der Waals surface area contributed by atoms with E-state index in [9.17, 15) is 48.3 Å².